The molecule has 0 aromatic heterocycles. The lowest BCUT2D eigenvalue weighted by Gasteiger charge is -2.22. The van der Waals surface area contributed by atoms with E-state index >= 15 is 0 Å². The molecule has 0 spiro atoms. The van der Waals surface area contributed by atoms with Gasteiger partial charge in [0.2, 0.25) is 0 Å². The molecule has 1 unspecified atom stereocenters. The molecule has 1 rings (SSSR count). The highest BCUT2D eigenvalue weighted by atomic mass is 16.5. The Morgan fingerprint density at radius 3 is 2.33 bits per heavy atom. The Balaban J connectivity index is 2.11. The van der Waals surface area contributed by atoms with Gasteiger partial charge in [0.1, 0.15) is 0 Å². The quantitative estimate of drug-likeness (QED) is 0.669. The molecule has 90 valence electrons. The molecular formula is C13H27NO. The van der Waals surface area contributed by atoms with E-state index in [0.29, 0.717) is 12.0 Å². The summed E-state index contributed by atoms with van der Waals surface area (Å²) in [5, 5.41) is 3.55. The average molecular weight is 213 g/mol. The van der Waals surface area contributed by atoms with Crippen LogP contribution in [0.3, 0.4) is 0 Å². The second-order valence-electron chi connectivity index (χ2n) is 5.52. The normalized spacial score (nSPS) is 18.8. The summed E-state index contributed by atoms with van der Waals surface area (Å²) < 4.78 is 5.93. The van der Waals surface area contributed by atoms with E-state index in [1.807, 2.05) is 0 Å². The van der Waals surface area contributed by atoms with Gasteiger partial charge >= 0.3 is 0 Å². The molecule has 2 heteroatoms. The molecular weight excluding hydrogens is 186 g/mol. The van der Waals surface area contributed by atoms with Gasteiger partial charge in [-0.15, -0.1) is 0 Å². The lowest BCUT2D eigenvalue weighted by molar-refractivity contribution is 0.0173. The molecule has 0 aromatic rings. The molecule has 1 N–H and O–H groups in total. The zero-order valence-electron chi connectivity index (χ0n) is 10.8. The third-order valence-corrected chi connectivity index (χ3v) is 2.96. The van der Waals surface area contributed by atoms with E-state index in [4.69, 9.17) is 4.74 Å². The zero-order chi connectivity index (χ0) is 11.3. The first-order valence-electron chi connectivity index (χ1n) is 6.44. The number of nitrogens with one attached hydrogen (secondary N) is 1. The van der Waals surface area contributed by atoms with Gasteiger partial charge in [-0.2, -0.15) is 0 Å². The number of ether oxygens (including phenoxy) is 1. The van der Waals surface area contributed by atoms with E-state index in [1.54, 1.807) is 0 Å². The fourth-order valence-electron chi connectivity index (χ4n) is 1.51. The van der Waals surface area contributed by atoms with Gasteiger partial charge in [-0.1, -0.05) is 27.7 Å². The van der Waals surface area contributed by atoms with Crippen LogP contribution in [0.5, 0.6) is 0 Å². The standard InChI is InChI=1S/C13H27NO/c1-10(2)7-8-15-13(11(3)4)9-14-12-5-6-12/h10-14H,5-9H2,1-4H3. The molecule has 1 aliphatic rings. The van der Waals surface area contributed by atoms with Crippen LogP contribution in [0.2, 0.25) is 0 Å². The van der Waals surface area contributed by atoms with Crippen molar-refractivity contribution >= 4 is 0 Å². The largest absolute Gasteiger partial charge is 0.377 e. The van der Waals surface area contributed by atoms with E-state index in [-0.39, 0.29) is 0 Å². The van der Waals surface area contributed by atoms with Crippen molar-refractivity contribution in [3.05, 3.63) is 0 Å². The van der Waals surface area contributed by atoms with E-state index in [0.717, 1.165) is 25.1 Å². The molecule has 1 fully saturated rings. The molecule has 1 aliphatic carbocycles. The molecule has 2 nitrogen and oxygen atoms in total. The predicted octanol–water partition coefficient (Wildman–Crippen LogP) is 2.83. The Hall–Kier alpha value is -0.0800. The van der Waals surface area contributed by atoms with Crippen LogP contribution in [0.15, 0.2) is 0 Å². The van der Waals surface area contributed by atoms with Gasteiger partial charge in [0, 0.05) is 19.2 Å². The van der Waals surface area contributed by atoms with Gasteiger partial charge in [-0.05, 0) is 31.1 Å². The Labute approximate surface area is 94.8 Å². The van der Waals surface area contributed by atoms with E-state index in [2.05, 4.69) is 33.0 Å². The van der Waals surface area contributed by atoms with Crippen molar-refractivity contribution in [2.75, 3.05) is 13.2 Å². The number of hydrogen-bond donors (Lipinski definition) is 1. The summed E-state index contributed by atoms with van der Waals surface area (Å²) in [5.41, 5.74) is 0. The maximum atomic E-state index is 5.93. The Morgan fingerprint density at radius 2 is 1.87 bits per heavy atom. The topological polar surface area (TPSA) is 21.3 Å². The molecule has 0 heterocycles. The van der Waals surface area contributed by atoms with E-state index in [1.165, 1.54) is 19.3 Å². The Morgan fingerprint density at radius 1 is 1.20 bits per heavy atom. The molecule has 15 heavy (non-hydrogen) atoms. The third kappa shape index (κ3) is 6.16. The molecule has 1 atom stereocenters. The predicted molar refractivity (Wildman–Crippen MR) is 65.1 cm³/mol. The summed E-state index contributed by atoms with van der Waals surface area (Å²) in [6, 6.07) is 0.792. The minimum atomic E-state index is 0.393. The minimum absolute atomic E-state index is 0.393. The first kappa shape index (κ1) is 13.0. The summed E-state index contributed by atoms with van der Waals surface area (Å²) in [7, 11) is 0. The van der Waals surface area contributed by atoms with Crippen LogP contribution in [0.4, 0.5) is 0 Å². The van der Waals surface area contributed by atoms with E-state index in [9.17, 15) is 0 Å². The molecule has 0 bridgehead atoms. The maximum absolute atomic E-state index is 5.93. The second kappa shape index (κ2) is 6.49. The molecule has 0 radical (unpaired) electrons. The molecule has 0 aromatic carbocycles. The lowest BCUT2D eigenvalue weighted by Crippen LogP contribution is -2.34. The average Bonchev–Trinajstić information content (AvgIpc) is 2.93. The van der Waals surface area contributed by atoms with Crippen LogP contribution in [-0.2, 0) is 4.74 Å². The van der Waals surface area contributed by atoms with Gasteiger partial charge in [0.15, 0.2) is 0 Å². The fraction of sp³-hybridized carbons (Fsp3) is 1.00. The van der Waals surface area contributed by atoms with Crippen molar-refractivity contribution in [3.63, 3.8) is 0 Å². The summed E-state index contributed by atoms with van der Waals surface area (Å²) in [5.74, 6) is 1.36. The van der Waals surface area contributed by atoms with Crippen molar-refractivity contribution in [1.29, 1.82) is 0 Å². The second-order valence-corrected chi connectivity index (χ2v) is 5.52. The van der Waals surface area contributed by atoms with Gasteiger partial charge in [-0.25, -0.2) is 0 Å². The van der Waals surface area contributed by atoms with Crippen LogP contribution in [-0.4, -0.2) is 25.3 Å². The molecule has 0 aliphatic heterocycles. The van der Waals surface area contributed by atoms with Crippen LogP contribution in [0.1, 0.15) is 47.0 Å². The fourth-order valence-corrected chi connectivity index (χ4v) is 1.51. The highest BCUT2D eigenvalue weighted by Gasteiger charge is 2.23. The zero-order valence-corrected chi connectivity index (χ0v) is 10.8. The SMILES string of the molecule is CC(C)CCOC(CNC1CC1)C(C)C. The van der Waals surface area contributed by atoms with Crippen molar-refractivity contribution < 1.29 is 4.74 Å². The third-order valence-electron chi connectivity index (χ3n) is 2.96. The van der Waals surface area contributed by atoms with E-state index < -0.39 is 0 Å². The van der Waals surface area contributed by atoms with Crippen LogP contribution in [0, 0.1) is 11.8 Å². The maximum Gasteiger partial charge on any atom is 0.0722 e. The molecule has 0 saturated heterocycles. The summed E-state index contributed by atoms with van der Waals surface area (Å²) >= 11 is 0. The Kier molecular flexibility index (Phi) is 5.62. The van der Waals surface area contributed by atoms with Crippen LogP contribution >= 0.6 is 0 Å². The Bertz CT molecular complexity index is 164. The van der Waals surface area contributed by atoms with Crippen molar-refractivity contribution in [2.45, 2.75) is 59.1 Å². The highest BCUT2D eigenvalue weighted by Crippen LogP contribution is 2.19. The monoisotopic (exact) mass is 213 g/mol. The van der Waals surface area contributed by atoms with Crippen LogP contribution < -0.4 is 5.32 Å². The smallest absolute Gasteiger partial charge is 0.0722 e. The summed E-state index contributed by atoms with van der Waals surface area (Å²) in [6.45, 7) is 10.9. The summed E-state index contributed by atoms with van der Waals surface area (Å²) in [4.78, 5) is 0. The van der Waals surface area contributed by atoms with Gasteiger partial charge in [0.05, 0.1) is 6.10 Å². The van der Waals surface area contributed by atoms with Crippen molar-refractivity contribution in [2.24, 2.45) is 11.8 Å². The van der Waals surface area contributed by atoms with Crippen molar-refractivity contribution in [1.82, 2.24) is 5.32 Å². The van der Waals surface area contributed by atoms with Crippen LogP contribution in [0.25, 0.3) is 0 Å². The highest BCUT2D eigenvalue weighted by molar-refractivity contribution is 4.82. The first-order chi connectivity index (χ1) is 7.09. The lowest BCUT2D eigenvalue weighted by atomic mass is 10.1. The van der Waals surface area contributed by atoms with Crippen molar-refractivity contribution in [3.8, 4) is 0 Å². The van der Waals surface area contributed by atoms with Gasteiger partial charge in [-0.3, -0.25) is 0 Å². The summed E-state index contributed by atoms with van der Waals surface area (Å²) in [6.07, 6.45) is 4.28. The minimum Gasteiger partial charge on any atom is -0.377 e. The first-order valence-corrected chi connectivity index (χ1v) is 6.44. The molecule has 0 amide bonds. The number of hydrogen-bond acceptors (Lipinski definition) is 2. The van der Waals surface area contributed by atoms with Gasteiger partial charge in [0.25, 0.3) is 0 Å². The molecule has 1 saturated carbocycles. The number of rotatable bonds is 8. The van der Waals surface area contributed by atoms with Gasteiger partial charge < -0.3 is 10.1 Å².